The van der Waals surface area contributed by atoms with E-state index in [1.165, 1.54) is 6.07 Å². The number of aliphatic hydroxyl groups is 1. The summed E-state index contributed by atoms with van der Waals surface area (Å²) in [6.45, 7) is 4.05. The monoisotopic (exact) mass is 314 g/mol. The van der Waals surface area contributed by atoms with Crippen LogP contribution < -0.4 is 10.6 Å². The minimum Gasteiger partial charge on any atom is -0.396 e. The number of carbonyl (C=O) groups is 2. The van der Waals surface area contributed by atoms with E-state index in [2.05, 4.69) is 5.32 Å². The third-order valence-electron chi connectivity index (χ3n) is 3.15. The van der Waals surface area contributed by atoms with Gasteiger partial charge in [-0.15, -0.1) is 0 Å². The molecule has 0 bridgehead atoms. The first-order valence-corrected chi connectivity index (χ1v) is 6.91. The van der Waals surface area contributed by atoms with Crippen molar-refractivity contribution in [2.24, 2.45) is 5.41 Å². The molecule has 0 aliphatic carbocycles. The molecule has 5 nitrogen and oxygen atoms in total. The highest BCUT2D eigenvalue weighted by atomic mass is 19.2. The molecule has 0 aliphatic heterocycles. The fourth-order valence-corrected chi connectivity index (χ4v) is 1.71. The lowest BCUT2D eigenvalue weighted by molar-refractivity contribution is -0.136. The number of hydrogen-bond donors (Lipinski definition) is 3. The van der Waals surface area contributed by atoms with Gasteiger partial charge in [-0.3, -0.25) is 9.59 Å². The van der Waals surface area contributed by atoms with E-state index in [0.29, 0.717) is 12.8 Å². The Kier molecular flexibility index (Phi) is 6.42. The lowest BCUT2D eigenvalue weighted by Crippen LogP contribution is -2.36. The molecule has 7 heteroatoms. The first-order valence-electron chi connectivity index (χ1n) is 6.91. The van der Waals surface area contributed by atoms with Crippen molar-refractivity contribution >= 4 is 17.5 Å². The second kappa shape index (κ2) is 7.84. The number of nitrogens with one attached hydrogen (secondary N) is 2. The third-order valence-corrected chi connectivity index (χ3v) is 3.15. The molecule has 0 saturated carbocycles. The summed E-state index contributed by atoms with van der Waals surface area (Å²) in [7, 11) is 0. The minimum atomic E-state index is -1.21. The van der Waals surface area contributed by atoms with Crippen LogP contribution in [-0.4, -0.2) is 30.1 Å². The van der Waals surface area contributed by atoms with Gasteiger partial charge in [-0.2, -0.15) is 0 Å². The summed E-state index contributed by atoms with van der Waals surface area (Å²) in [5, 5.41) is 13.5. The van der Waals surface area contributed by atoms with Crippen molar-refractivity contribution in [2.75, 3.05) is 18.5 Å². The van der Waals surface area contributed by atoms with E-state index in [-0.39, 0.29) is 24.3 Å². The van der Waals surface area contributed by atoms with Gasteiger partial charge in [0.2, 0.25) is 0 Å². The van der Waals surface area contributed by atoms with Gasteiger partial charge in [0, 0.05) is 13.2 Å². The van der Waals surface area contributed by atoms with Gasteiger partial charge in [-0.25, -0.2) is 8.78 Å². The standard InChI is InChI=1S/C15H20F2N2O3/c1-15(2,9-20)7-4-8-18-13(21)14(22)19-11-6-3-5-10(16)12(11)17/h3,5-6,20H,4,7-9H2,1-2H3,(H,18,21)(H,19,22). The summed E-state index contributed by atoms with van der Waals surface area (Å²) in [5.74, 6) is -4.31. The van der Waals surface area contributed by atoms with Gasteiger partial charge in [0.05, 0.1) is 5.69 Å². The van der Waals surface area contributed by atoms with Crippen LogP contribution >= 0.6 is 0 Å². The molecule has 3 N–H and O–H groups in total. The van der Waals surface area contributed by atoms with Gasteiger partial charge in [0.25, 0.3) is 0 Å². The lowest BCUT2D eigenvalue weighted by Gasteiger charge is -2.21. The van der Waals surface area contributed by atoms with E-state index in [1.54, 1.807) is 0 Å². The van der Waals surface area contributed by atoms with Crippen molar-refractivity contribution in [2.45, 2.75) is 26.7 Å². The van der Waals surface area contributed by atoms with E-state index in [1.807, 2.05) is 19.2 Å². The van der Waals surface area contributed by atoms with E-state index in [0.717, 1.165) is 12.1 Å². The highest BCUT2D eigenvalue weighted by molar-refractivity contribution is 6.39. The molecule has 22 heavy (non-hydrogen) atoms. The molecule has 1 aromatic carbocycles. The Bertz CT molecular complexity index is 548. The zero-order valence-corrected chi connectivity index (χ0v) is 12.6. The number of hydrogen-bond acceptors (Lipinski definition) is 3. The minimum absolute atomic E-state index is 0.0281. The van der Waals surface area contributed by atoms with Crippen molar-refractivity contribution in [3.8, 4) is 0 Å². The van der Waals surface area contributed by atoms with Crippen LogP contribution in [0.25, 0.3) is 0 Å². The second-order valence-electron chi connectivity index (χ2n) is 5.74. The predicted octanol–water partition coefficient (Wildman–Crippen LogP) is 1.82. The number of amides is 2. The number of anilines is 1. The third kappa shape index (κ3) is 5.40. The molecule has 2 amide bonds. The molecule has 0 aromatic heterocycles. The average Bonchev–Trinajstić information content (AvgIpc) is 2.48. The van der Waals surface area contributed by atoms with Crippen LogP contribution in [0.1, 0.15) is 26.7 Å². The molecular formula is C15H20F2N2O3. The first-order chi connectivity index (χ1) is 10.3. The molecule has 0 unspecified atom stereocenters. The summed E-state index contributed by atoms with van der Waals surface area (Å²) in [4.78, 5) is 23.1. The van der Waals surface area contributed by atoms with Gasteiger partial charge in [-0.1, -0.05) is 19.9 Å². The van der Waals surface area contributed by atoms with Gasteiger partial charge >= 0.3 is 11.8 Å². The van der Waals surface area contributed by atoms with Crippen molar-refractivity contribution < 1.29 is 23.5 Å². The Morgan fingerprint density at radius 1 is 1.23 bits per heavy atom. The maximum absolute atomic E-state index is 13.4. The molecule has 0 aliphatic rings. The van der Waals surface area contributed by atoms with Crippen molar-refractivity contribution in [3.63, 3.8) is 0 Å². The van der Waals surface area contributed by atoms with Gasteiger partial charge in [0.15, 0.2) is 11.6 Å². The molecule has 0 saturated heterocycles. The van der Waals surface area contributed by atoms with Crippen molar-refractivity contribution in [3.05, 3.63) is 29.8 Å². The quantitative estimate of drug-likeness (QED) is 0.553. The summed E-state index contributed by atoms with van der Waals surface area (Å²) in [6.07, 6.45) is 1.25. The molecule has 0 fully saturated rings. The number of carbonyl (C=O) groups excluding carboxylic acids is 2. The first kappa shape index (κ1) is 18.0. The Balaban J connectivity index is 2.43. The van der Waals surface area contributed by atoms with E-state index in [9.17, 15) is 18.4 Å². The zero-order chi connectivity index (χ0) is 16.8. The molecule has 1 rings (SSSR count). The fourth-order valence-electron chi connectivity index (χ4n) is 1.71. The average molecular weight is 314 g/mol. The van der Waals surface area contributed by atoms with Gasteiger partial charge in [-0.05, 0) is 30.4 Å². The van der Waals surface area contributed by atoms with E-state index < -0.39 is 23.4 Å². The fraction of sp³-hybridized carbons (Fsp3) is 0.467. The Labute approximate surface area is 127 Å². The molecular weight excluding hydrogens is 294 g/mol. The van der Waals surface area contributed by atoms with E-state index >= 15 is 0 Å². The van der Waals surface area contributed by atoms with Crippen LogP contribution in [0.2, 0.25) is 0 Å². The van der Waals surface area contributed by atoms with Crippen molar-refractivity contribution in [1.29, 1.82) is 0 Å². The topological polar surface area (TPSA) is 78.4 Å². The maximum Gasteiger partial charge on any atom is 0.313 e. The largest absolute Gasteiger partial charge is 0.396 e. The number of halogens is 2. The molecule has 0 spiro atoms. The summed E-state index contributed by atoms with van der Waals surface area (Å²) in [6, 6.07) is 3.30. The summed E-state index contributed by atoms with van der Waals surface area (Å²) < 4.78 is 26.3. The molecule has 0 atom stereocenters. The van der Waals surface area contributed by atoms with Crippen LogP contribution in [0.4, 0.5) is 14.5 Å². The molecule has 122 valence electrons. The second-order valence-corrected chi connectivity index (χ2v) is 5.74. The highest BCUT2D eigenvalue weighted by Gasteiger charge is 2.18. The van der Waals surface area contributed by atoms with Crippen molar-refractivity contribution in [1.82, 2.24) is 5.32 Å². The summed E-state index contributed by atoms with van der Waals surface area (Å²) in [5.41, 5.74) is -0.640. The number of rotatable bonds is 6. The Morgan fingerprint density at radius 3 is 2.55 bits per heavy atom. The molecule has 1 aromatic rings. The van der Waals surface area contributed by atoms with Crippen LogP contribution in [-0.2, 0) is 9.59 Å². The number of benzene rings is 1. The zero-order valence-electron chi connectivity index (χ0n) is 12.6. The lowest BCUT2D eigenvalue weighted by atomic mass is 9.89. The van der Waals surface area contributed by atoms with Crippen LogP contribution in [0, 0.1) is 17.0 Å². The number of aliphatic hydroxyl groups excluding tert-OH is 1. The SMILES string of the molecule is CC(C)(CO)CCCNC(=O)C(=O)Nc1cccc(F)c1F. The smallest absolute Gasteiger partial charge is 0.313 e. The highest BCUT2D eigenvalue weighted by Crippen LogP contribution is 2.20. The predicted molar refractivity (Wildman–Crippen MR) is 78.1 cm³/mol. The van der Waals surface area contributed by atoms with Gasteiger partial charge in [0.1, 0.15) is 0 Å². The summed E-state index contributed by atoms with van der Waals surface area (Å²) >= 11 is 0. The van der Waals surface area contributed by atoms with Gasteiger partial charge < -0.3 is 15.7 Å². The Morgan fingerprint density at radius 2 is 1.91 bits per heavy atom. The normalized spacial score (nSPS) is 11.1. The van der Waals surface area contributed by atoms with E-state index in [4.69, 9.17) is 5.11 Å². The van der Waals surface area contributed by atoms with Crippen LogP contribution in [0.3, 0.4) is 0 Å². The maximum atomic E-state index is 13.4. The molecule has 0 heterocycles. The Hall–Kier alpha value is -2.02. The van der Waals surface area contributed by atoms with Crippen LogP contribution in [0.15, 0.2) is 18.2 Å². The van der Waals surface area contributed by atoms with Crippen LogP contribution in [0.5, 0.6) is 0 Å². The molecule has 0 radical (unpaired) electrons.